The van der Waals surface area contributed by atoms with Crippen LogP contribution < -0.4 is 0 Å². The van der Waals surface area contributed by atoms with E-state index in [1.807, 2.05) is 6.92 Å². The van der Waals surface area contributed by atoms with E-state index in [2.05, 4.69) is 10.1 Å². The fourth-order valence-corrected chi connectivity index (χ4v) is 1.62. The van der Waals surface area contributed by atoms with Crippen molar-refractivity contribution < 1.29 is 18.1 Å². The molecule has 0 aliphatic rings. The molecule has 0 unspecified atom stereocenters. The quantitative estimate of drug-likeness (QED) is 0.834. The Kier molecular flexibility index (Phi) is 3.99. The summed E-state index contributed by atoms with van der Waals surface area (Å²) in [6, 6.07) is 3.32. The molecular formula is C13H12F2N2O2. The number of benzene rings is 1. The lowest BCUT2D eigenvalue weighted by Gasteiger charge is -1.95. The lowest BCUT2D eigenvalue weighted by atomic mass is 10.2. The molecule has 0 spiro atoms. The number of halogens is 2. The molecule has 0 fully saturated rings. The number of hydrogen-bond acceptors (Lipinski definition) is 4. The summed E-state index contributed by atoms with van der Waals surface area (Å²) in [6.45, 7) is 1.90. The first-order valence-corrected chi connectivity index (χ1v) is 5.90. The fraction of sp³-hybridized carbons (Fsp3) is 0.308. The number of rotatable bonds is 5. The minimum atomic E-state index is -0.981. The largest absolute Gasteiger partial charge is 0.339 e. The van der Waals surface area contributed by atoms with Crippen LogP contribution in [0.15, 0.2) is 22.7 Å². The number of hydrogen-bond donors (Lipinski definition) is 0. The second-order valence-corrected chi connectivity index (χ2v) is 4.11. The highest BCUT2D eigenvalue weighted by Crippen LogP contribution is 2.18. The van der Waals surface area contributed by atoms with Gasteiger partial charge in [-0.15, -0.1) is 0 Å². The summed E-state index contributed by atoms with van der Waals surface area (Å²) < 4.78 is 30.8. The Hall–Kier alpha value is -2.11. The van der Waals surface area contributed by atoms with Gasteiger partial charge in [0.2, 0.25) is 11.7 Å². The van der Waals surface area contributed by atoms with Gasteiger partial charge in [0.05, 0.1) is 6.42 Å². The molecule has 0 aliphatic heterocycles. The predicted molar refractivity (Wildman–Crippen MR) is 63.3 cm³/mol. The molecule has 4 nitrogen and oxygen atoms in total. The maximum Gasteiger partial charge on any atom is 0.234 e. The molecule has 19 heavy (non-hydrogen) atoms. The number of Topliss-reactive ketones (excluding diaryl/α,β-unsaturated/α-hetero) is 1. The Bertz CT molecular complexity index is 596. The molecule has 2 rings (SSSR count). The summed E-state index contributed by atoms with van der Waals surface area (Å²) >= 11 is 0. The maximum atomic E-state index is 13.1. The molecule has 1 aromatic heterocycles. The third kappa shape index (κ3) is 3.21. The normalized spacial score (nSPS) is 10.7. The number of carbonyl (C=O) groups is 1. The molecule has 6 heteroatoms. The van der Waals surface area contributed by atoms with Gasteiger partial charge >= 0.3 is 0 Å². The molecule has 0 atom stereocenters. The molecule has 1 aromatic carbocycles. The minimum Gasteiger partial charge on any atom is -0.339 e. The van der Waals surface area contributed by atoms with Crippen molar-refractivity contribution in [2.24, 2.45) is 0 Å². The van der Waals surface area contributed by atoms with Crippen molar-refractivity contribution in [3.63, 3.8) is 0 Å². The van der Waals surface area contributed by atoms with Crippen molar-refractivity contribution in [1.29, 1.82) is 0 Å². The second-order valence-electron chi connectivity index (χ2n) is 4.11. The first-order chi connectivity index (χ1) is 9.10. The molecule has 0 saturated carbocycles. The molecule has 100 valence electrons. The summed E-state index contributed by atoms with van der Waals surface area (Å²) in [5.74, 6) is -1.60. The van der Waals surface area contributed by atoms with E-state index in [-0.39, 0.29) is 23.9 Å². The van der Waals surface area contributed by atoms with Gasteiger partial charge in [0.1, 0.15) is 5.78 Å². The van der Waals surface area contributed by atoms with E-state index in [1.165, 1.54) is 6.07 Å². The van der Waals surface area contributed by atoms with Gasteiger partial charge in [-0.3, -0.25) is 4.79 Å². The average Bonchev–Trinajstić information content (AvgIpc) is 2.81. The van der Waals surface area contributed by atoms with Crippen LogP contribution in [0.5, 0.6) is 0 Å². The highest BCUT2D eigenvalue weighted by Gasteiger charge is 2.13. The standard InChI is InChI=1S/C13H12F2N2O2/c1-2-3-9(18)7-12-16-13(17-19-12)8-4-5-10(14)11(15)6-8/h4-6H,2-3,7H2,1H3. The monoisotopic (exact) mass is 266 g/mol. The van der Waals surface area contributed by atoms with E-state index in [9.17, 15) is 13.6 Å². The van der Waals surface area contributed by atoms with Crippen LogP contribution in [-0.4, -0.2) is 15.9 Å². The summed E-state index contributed by atoms with van der Waals surface area (Å²) in [5, 5.41) is 3.64. The SMILES string of the molecule is CCCC(=O)Cc1nc(-c2ccc(F)c(F)c2)no1. The number of nitrogens with zero attached hydrogens (tertiary/aromatic N) is 2. The van der Waals surface area contributed by atoms with Crippen LogP contribution in [0.4, 0.5) is 8.78 Å². The number of ketones is 1. The molecule has 1 heterocycles. The lowest BCUT2D eigenvalue weighted by molar-refractivity contribution is -0.118. The van der Waals surface area contributed by atoms with Crippen LogP contribution in [0.3, 0.4) is 0 Å². The molecular weight excluding hydrogens is 254 g/mol. The Morgan fingerprint density at radius 1 is 1.32 bits per heavy atom. The van der Waals surface area contributed by atoms with Gasteiger partial charge in [-0.05, 0) is 24.6 Å². The van der Waals surface area contributed by atoms with Crippen molar-refractivity contribution in [3.05, 3.63) is 35.7 Å². The molecule has 0 bridgehead atoms. The molecule has 0 radical (unpaired) electrons. The van der Waals surface area contributed by atoms with Crippen LogP contribution in [0, 0.1) is 11.6 Å². The summed E-state index contributed by atoms with van der Waals surface area (Å²) in [7, 11) is 0. The summed E-state index contributed by atoms with van der Waals surface area (Å²) in [6.07, 6.45) is 1.26. The topological polar surface area (TPSA) is 56.0 Å². The third-order valence-electron chi connectivity index (χ3n) is 2.52. The van der Waals surface area contributed by atoms with Crippen molar-refractivity contribution in [3.8, 4) is 11.4 Å². The zero-order valence-electron chi connectivity index (χ0n) is 10.3. The van der Waals surface area contributed by atoms with Crippen molar-refractivity contribution in [2.75, 3.05) is 0 Å². The average molecular weight is 266 g/mol. The van der Waals surface area contributed by atoms with E-state index in [0.717, 1.165) is 18.6 Å². The number of carbonyl (C=O) groups excluding carboxylic acids is 1. The highest BCUT2D eigenvalue weighted by molar-refractivity contribution is 5.79. The van der Waals surface area contributed by atoms with Gasteiger partial charge in [0.15, 0.2) is 11.6 Å². The lowest BCUT2D eigenvalue weighted by Crippen LogP contribution is -2.01. The van der Waals surface area contributed by atoms with Crippen LogP contribution in [-0.2, 0) is 11.2 Å². The van der Waals surface area contributed by atoms with E-state index < -0.39 is 11.6 Å². The fourth-order valence-electron chi connectivity index (χ4n) is 1.62. The van der Waals surface area contributed by atoms with Crippen LogP contribution in [0.1, 0.15) is 25.7 Å². The van der Waals surface area contributed by atoms with Gasteiger partial charge < -0.3 is 4.52 Å². The summed E-state index contributed by atoms with van der Waals surface area (Å²) in [4.78, 5) is 15.4. The van der Waals surface area contributed by atoms with Gasteiger partial charge in [-0.2, -0.15) is 4.98 Å². The maximum absolute atomic E-state index is 13.1. The van der Waals surface area contributed by atoms with Gasteiger partial charge in [0, 0.05) is 12.0 Å². The zero-order chi connectivity index (χ0) is 13.8. The Morgan fingerprint density at radius 2 is 2.11 bits per heavy atom. The van der Waals surface area contributed by atoms with E-state index in [0.29, 0.717) is 12.0 Å². The van der Waals surface area contributed by atoms with Crippen LogP contribution in [0.25, 0.3) is 11.4 Å². The molecule has 0 saturated heterocycles. The third-order valence-corrected chi connectivity index (χ3v) is 2.52. The number of aromatic nitrogens is 2. The first kappa shape index (κ1) is 13.3. The van der Waals surface area contributed by atoms with Gasteiger partial charge in [-0.1, -0.05) is 12.1 Å². The van der Waals surface area contributed by atoms with Gasteiger partial charge in [-0.25, -0.2) is 8.78 Å². The summed E-state index contributed by atoms with van der Waals surface area (Å²) in [5.41, 5.74) is 0.303. The van der Waals surface area contributed by atoms with Crippen LogP contribution in [0.2, 0.25) is 0 Å². The second kappa shape index (κ2) is 5.69. The minimum absolute atomic E-state index is 0.00277. The molecule has 0 amide bonds. The first-order valence-electron chi connectivity index (χ1n) is 5.90. The highest BCUT2D eigenvalue weighted by atomic mass is 19.2. The zero-order valence-corrected chi connectivity index (χ0v) is 10.3. The van der Waals surface area contributed by atoms with E-state index >= 15 is 0 Å². The van der Waals surface area contributed by atoms with Crippen LogP contribution >= 0.6 is 0 Å². The van der Waals surface area contributed by atoms with Crippen molar-refractivity contribution >= 4 is 5.78 Å². The van der Waals surface area contributed by atoms with E-state index in [4.69, 9.17) is 4.52 Å². The molecule has 0 aliphatic carbocycles. The Balaban J connectivity index is 2.16. The predicted octanol–water partition coefficient (Wildman–Crippen LogP) is 2.93. The Labute approximate surface area is 108 Å². The van der Waals surface area contributed by atoms with Gasteiger partial charge in [0.25, 0.3) is 0 Å². The molecule has 2 aromatic rings. The smallest absolute Gasteiger partial charge is 0.234 e. The van der Waals surface area contributed by atoms with Crippen molar-refractivity contribution in [2.45, 2.75) is 26.2 Å². The van der Waals surface area contributed by atoms with E-state index in [1.54, 1.807) is 0 Å². The van der Waals surface area contributed by atoms with Crippen molar-refractivity contribution in [1.82, 2.24) is 10.1 Å². The Morgan fingerprint density at radius 3 is 2.79 bits per heavy atom. The molecule has 0 N–H and O–H groups in total.